The molecule has 17 heavy (non-hydrogen) atoms. The van der Waals surface area contributed by atoms with Crippen molar-refractivity contribution in [2.75, 3.05) is 6.61 Å². The Morgan fingerprint density at radius 2 is 2.00 bits per heavy atom. The zero-order chi connectivity index (χ0) is 12.3. The highest BCUT2D eigenvalue weighted by Crippen LogP contribution is 2.11. The highest BCUT2D eigenvalue weighted by Gasteiger charge is 2.23. The van der Waals surface area contributed by atoms with Crippen molar-refractivity contribution in [2.45, 2.75) is 19.9 Å². The molecule has 1 aromatic heterocycles. The molecule has 3 nitrogen and oxygen atoms in total. The van der Waals surface area contributed by atoms with Crippen LogP contribution in [-0.2, 0) is 9.53 Å². The van der Waals surface area contributed by atoms with Crippen molar-refractivity contribution in [3.05, 3.63) is 42.7 Å². The van der Waals surface area contributed by atoms with E-state index in [2.05, 4.69) is 6.07 Å². The molecule has 0 saturated heterocycles. The van der Waals surface area contributed by atoms with E-state index in [9.17, 15) is 4.79 Å². The minimum Gasteiger partial charge on any atom is -0.461 e. The van der Waals surface area contributed by atoms with E-state index in [-0.39, 0.29) is 12.0 Å². The maximum Gasteiger partial charge on any atom is 0.375 e. The molecule has 1 atom stereocenters. The van der Waals surface area contributed by atoms with Crippen LogP contribution in [0.3, 0.4) is 0 Å². The van der Waals surface area contributed by atoms with Gasteiger partial charge >= 0.3 is 5.97 Å². The number of ether oxygens (including phenoxy) is 1. The number of fused-ring (bicyclic) bond motifs is 1. The third-order valence-corrected chi connectivity index (χ3v) is 2.79. The van der Waals surface area contributed by atoms with Crippen molar-refractivity contribution in [2.24, 2.45) is 0 Å². The molecule has 2 rings (SSSR count). The number of esters is 1. The summed E-state index contributed by atoms with van der Waals surface area (Å²) in [7, 11) is 0. The normalized spacial score (nSPS) is 12.4. The molecule has 1 aromatic carbocycles. The summed E-state index contributed by atoms with van der Waals surface area (Å²) in [4.78, 5) is 11.6. The third-order valence-electron chi connectivity index (χ3n) is 2.79. The van der Waals surface area contributed by atoms with Gasteiger partial charge in [0.1, 0.15) is 0 Å². The molecule has 0 bridgehead atoms. The number of carbonyl (C=O) groups is 1. The van der Waals surface area contributed by atoms with Gasteiger partial charge < -0.3 is 4.74 Å². The van der Waals surface area contributed by atoms with Crippen molar-refractivity contribution in [1.29, 1.82) is 0 Å². The molecule has 0 aliphatic carbocycles. The van der Waals surface area contributed by atoms with Gasteiger partial charge in [0.05, 0.1) is 6.61 Å². The van der Waals surface area contributed by atoms with Gasteiger partial charge in [-0.05, 0) is 18.4 Å². The molecule has 88 valence electrons. The Kier molecular flexibility index (Phi) is 3.38. The molecule has 3 heteroatoms. The first-order valence-corrected chi connectivity index (χ1v) is 5.78. The van der Waals surface area contributed by atoms with Crippen LogP contribution in [0.2, 0.25) is 0 Å². The third kappa shape index (κ3) is 2.44. The molecule has 0 spiro atoms. The van der Waals surface area contributed by atoms with Crippen molar-refractivity contribution < 1.29 is 14.1 Å². The van der Waals surface area contributed by atoms with Gasteiger partial charge in [-0.25, -0.2) is 4.79 Å². The maximum absolute atomic E-state index is 11.6. The standard InChI is InChI=1S/C14H16NO2/c1-3-17-14(16)11(2)15-9-8-12-6-4-5-7-13(12)10-15/h4-11H,3H2,1-2H3/q+1. The number of nitrogens with zero attached hydrogens (tertiary/aromatic N) is 1. The number of pyridine rings is 1. The van der Waals surface area contributed by atoms with Crippen LogP contribution in [0.1, 0.15) is 19.9 Å². The first-order valence-electron chi connectivity index (χ1n) is 5.78. The highest BCUT2D eigenvalue weighted by atomic mass is 16.5. The lowest BCUT2D eigenvalue weighted by Crippen LogP contribution is -2.42. The lowest BCUT2D eigenvalue weighted by molar-refractivity contribution is -0.706. The highest BCUT2D eigenvalue weighted by molar-refractivity contribution is 5.80. The Bertz CT molecular complexity index is 536. The fourth-order valence-corrected chi connectivity index (χ4v) is 1.78. The van der Waals surface area contributed by atoms with Gasteiger partial charge in [0.15, 0.2) is 12.4 Å². The second-order valence-corrected chi connectivity index (χ2v) is 3.95. The summed E-state index contributed by atoms with van der Waals surface area (Å²) in [6, 6.07) is 9.78. The van der Waals surface area contributed by atoms with E-state index in [0.717, 1.165) is 5.39 Å². The first kappa shape index (κ1) is 11.6. The molecule has 1 unspecified atom stereocenters. The van der Waals surface area contributed by atoms with Gasteiger partial charge in [-0.2, -0.15) is 4.57 Å². The molecule has 2 aromatic rings. The number of carbonyl (C=O) groups excluding carboxylic acids is 1. The Morgan fingerprint density at radius 1 is 1.29 bits per heavy atom. The number of hydrogen-bond acceptors (Lipinski definition) is 2. The largest absolute Gasteiger partial charge is 0.461 e. The maximum atomic E-state index is 11.6. The summed E-state index contributed by atoms with van der Waals surface area (Å²) in [6.07, 6.45) is 3.88. The topological polar surface area (TPSA) is 30.2 Å². The van der Waals surface area contributed by atoms with E-state index < -0.39 is 0 Å². The van der Waals surface area contributed by atoms with Crippen molar-refractivity contribution >= 4 is 16.7 Å². The fourth-order valence-electron chi connectivity index (χ4n) is 1.78. The van der Waals surface area contributed by atoms with Crippen molar-refractivity contribution in [3.8, 4) is 0 Å². The molecule has 0 radical (unpaired) electrons. The summed E-state index contributed by atoms with van der Waals surface area (Å²) in [5.41, 5.74) is 0. The van der Waals surface area contributed by atoms with Crippen LogP contribution in [0.15, 0.2) is 42.7 Å². The zero-order valence-electron chi connectivity index (χ0n) is 10.1. The van der Waals surface area contributed by atoms with Crippen LogP contribution in [-0.4, -0.2) is 12.6 Å². The Balaban J connectivity index is 2.32. The molecule has 0 saturated carbocycles. The number of benzene rings is 1. The quantitative estimate of drug-likeness (QED) is 0.598. The number of hydrogen-bond donors (Lipinski definition) is 0. The number of rotatable bonds is 3. The first-order chi connectivity index (χ1) is 8.22. The molecule has 0 N–H and O–H groups in total. The van der Waals surface area contributed by atoms with Gasteiger partial charge in [-0.3, -0.25) is 0 Å². The summed E-state index contributed by atoms with van der Waals surface area (Å²) in [6.45, 7) is 4.07. The summed E-state index contributed by atoms with van der Waals surface area (Å²) >= 11 is 0. The Morgan fingerprint density at radius 3 is 2.71 bits per heavy atom. The minimum absolute atomic E-state index is 0.201. The van der Waals surface area contributed by atoms with Crippen LogP contribution in [0, 0.1) is 0 Å². The molecule has 0 amide bonds. The average molecular weight is 230 g/mol. The predicted octanol–water partition coefficient (Wildman–Crippen LogP) is 2.25. The SMILES string of the molecule is CCOC(=O)C(C)[n+]1ccc2ccccc2c1. The molecule has 0 fully saturated rings. The molecule has 0 aliphatic rings. The van der Waals surface area contributed by atoms with Gasteiger partial charge in [-0.15, -0.1) is 0 Å². The van der Waals surface area contributed by atoms with Crippen molar-refractivity contribution in [3.63, 3.8) is 0 Å². The second-order valence-electron chi connectivity index (χ2n) is 3.95. The van der Waals surface area contributed by atoms with Crippen LogP contribution in [0.25, 0.3) is 10.8 Å². The molecule has 0 aliphatic heterocycles. The summed E-state index contributed by atoms with van der Waals surface area (Å²) < 4.78 is 6.89. The van der Waals surface area contributed by atoms with Gasteiger partial charge in [0.25, 0.3) is 6.04 Å². The van der Waals surface area contributed by atoms with Crippen LogP contribution >= 0.6 is 0 Å². The lowest BCUT2D eigenvalue weighted by atomic mass is 10.2. The van der Waals surface area contributed by atoms with Gasteiger partial charge in [0, 0.05) is 18.4 Å². The van der Waals surface area contributed by atoms with E-state index in [4.69, 9.17) is 4.74 Å². The predicted molar refractivity (Wildman–Crippen MR) is 65.5 cm³/mol. The van der Waals surface area contributed by atoms with E-state index in [1.807, 2.05) is 55.1 Å². The smallest absolute Gasteiger partial charge is 0.375 e. The van der Waals surface area contributed by atoms with Gasteiger partial charge in [0.2, 0.25) is 0 Å². The number of aromatic nitrogens is 1. The monoisotopic (exact) mass is 230 g/mol. The summed E-state index contributed by atoms with van der Waals surface area (Å²) in [5, 5.41) is 2.28. The van der Waals surface area contributed by atoms with E-state index in [1.165, 1.54) is 5.39 Å². The average Bonchev–Trinajstić information content (AvgIpc) is 2.37. The molecular weight excluding hydrogens is 214 g/mol. The Hall–Kier alpha value is -1.90. The molecular formula is C14H16NO2+. The van der Waals surface area contributed by atoms with Crippen LogP contribution < -0.4 is 4.57 Å². The lowest BCUT2D eigenvalue weighted by Gasteiger charge is -2.06. The van der Waals surface area contributed by atoms with Crippen molar-refractivity contribution in [1.82, 2.24) is 0 Å². The van der Waals surface area contributed by atoms with Crippen LogP contribution in [0.5, 0.6) is 0 Å². The second kappa shape index (κ2) is 4.95. The van der Waals surface area contributed by atoms with E-state index in [0.29, 0.717) is 6.61 Å². The van der Waals surface area contributed by atoms with Gasteiger partial charge in [-0.1, -0.05) is 18.2 Å². The van der Waals surface area contributed by atoms with E-state index >= 15 is 0 Å². The zero-order valence-corrected chi connectivity index (χ0v) is 10.1. The Labute approximate surface area is 101 Å². The molecule has 1 heterocycles. The summed E-state index contributed by atoms with van der Waals surface area (Å²) in [5.74, 6) is -0.201. The van der Waals surface area contributed by atoms with Crippen LogP contribution in [0.4, 0.5) is 0 Å². The minimum atomic E-state index is -0.292. The fraction of sp³-hybridized carbons (Fsp3) is 0.286. The van der Waals surface area contributed by atoms with E-state index in [1.54, 1.807) is 0 Å².